The predicted molar refractivity (Wildman–Crippen MR) is 52.8 cm³/mol. The van der Waals surface area contributed by atoms with Crippen LogP contribution < -0.4 is 0 Å². The first-order chi connectivity index (χ1) is 6.80. The number of halogens is 3. The summed E-state index contributed by atoms with van der Waals surface area (Å²) in [5.74, 6) is 0. The summed E-state index contributed by atoms with van der Waals surface area (Å²) in [4.78, 5) is 11.1. The van der Waals surface area contributed by atoms with Gasteiger partial charge in [-0.3, -0.25) is 4.79 Å². The van der Waals surface area contributed by atoms with Crippen molar-refractivity contribution in [3.05, 3.63) is 29.3 Å². The number of hydrogen-bond acceptors (Lipinski definition) is 2. The topological polar surface area (TPSA) is 17.1 Å². The van der Waals surface area contributed by atoms with E-state index in [0.29, 0.717) is 10.5 Å². The van der Waals surface area contributed by atoms with Crippen LogP contribution in [-0.4, -0.2) is 11.3 Å². The molecule has 0 N–H and O–H groups in total. The predicted octanol–water partition coefficient (Wildman–Crippen LogP) is 3.48. The molecular weight excluding hydrogens is 225 g/mol. The number of hydrogen-bond donors (Lipinski definition) is 0. The van der Waals surface area contributed by atoms with Gasteiger partial charge in [-0.05, 0) is 37.2 Å². The molecule has 0 bridgehead atoms. The smallest absolute Gasteiger partial charge is 0.276 e. The van der Waals surface area contributed by atoms with Crippen LogP contribution in [-0.2, 0) is 4.79 Å². The Kier molecular flexibility index (Phi) is 3.44. The SMILES string of the molecule is Cc1ccc(SC(=O)C(F)(F)F)c(C)c1. The van der Waals surface area contributed by atoms with E-state index in [1.54, 1.807) is 19.1 Å². The van der Waals surface area contributed by atoms with Crippen LogP contribution in [0.4, 0.5) is 13.2 Å². The largest absolute Gasteiger partial charge is 0.461 e. The number of alkyl halides is 3. The maximum Gasteiger partial charge on any atom is 0.461 e. The molecule has 0 aliphatic rings. The molecular formula is C10H9F3OS. The lowest BCUT2D eigenvalue weighted by Gasteiger charge is -2.07. The summed E-state index contributed by atoms with van der Waals surface area (Å²) in [5.41, 5.74) is 1.63. The maximum atomic E-state index is 12.0. The van der Waals surface area contributed by atoms with Gasteiger partial charge in [-0.1, -0.05) is 17.7 Å². The van der Waals surface area contributed by atoms with Gasteiger partial charge in [0.05, 0.1) is 0 Å². The van der Waals surface area contributed by atoms with E-state index in [2.05, 4.69) is 0 Å². The molecule has 1 aromatic carbocycles. The third kappa shape index (κ3) is 3.27. The van der Waals surface area contributed by atoms with Crippen molar-refractivity contribution in [2.24, 2.45) is 0 Å². The minimum absolute atomic E-state index is 0.222. The van der Waals surface area contributed by atoms with E-state index in [1.807, 2.05) is 6.92 Å². The lowest BCUT2D eigenvalue weighted by atomic mass is 10.2. The number of carbonyl (C=O) groups is 1. The van der Waals surface area contributed by atoms with Crippen molar-refractivity contribution in [3.63, 3.8) is 0 Å². The Bertz CT molecular complexity index is 385. The van der Waals surface area contributed by atoms with Crippen LogP contribution in [0.25, 0.3) is 0 Å². The number of thioether (sulfide) groups is 1. The van der Waals surface area contributed by atoms with E-state index in [-0.39, 0.29) is 11.8 Å². The molecule has 0 aliphatic carbocycles. The zero-order valence-corrected chi connectivity index (χ0v) is 9.00. The highest BCUT2D eigenvalue weighted by atomic mass is 32.2. The Morgan fingerprint density at radius 1 is 1.27 bits per heavy atom. The highest BCUT2D eigenvalue weighted by Crippen LogP contribution is 2.31. The van der Waals surface area contributed by atoms with E-state index in [0.717, 1.165) is 5.56 Å². The molecule has 0 aromatic heterocycles. The minimum Gasteiger partial charge on any atom is -0.276 e. The molecule has 0 unspecified atom stereocenters. The summed E-state index contributed by atoms with van der Waals surface area (Å²) in [7, 11) is 0. The van der Waals surface area contributed by atoms with Crippen LogP contribution >= 0.6 is 11.8 Å². The van der Waals surface area contributed by atoms with Crippen LogP contribution in [0.5, 0.6) is 0 Å². The molecule has 0 radical (unpaired) electrons. The molecule has 1 aromatic rings. The molecule has 0 spiro atoms. The van der Waals surface area contributed by atoms with Gasteiger partial charge in [0.15, 0.2) is 0 Å². The van der Waals surface area contributed by atoms with Gasteiger partial charge in [-0.2, -0.15) is 13.2 Å². The zero-order chi connectivity index (χ0) is 11.6. The average Bonchev–Trinajstić information content (AvgIpc) is 2.08. The fourth-order valence-corrected chi connectivity index (χ4v) is 1.74. The first-order valence-corrected chi connectivity index (χ1v) is 4.98. The first kappa shape index (κ1) is 12.1. The summed E-state index contributed by atoms with van der Waals surface area (Å²) >= 11 is 0.222. The number of rotatable bonds is 1. The molecule has 0 aliphatic heterocycles. The van der Waals surface area contributed by atoms with Crippen LogP contribution in [0.1, 0.15) is 11.1 Å². The second-order valence-corrected chi connectivity index (χ2v) is 4.17. The molecule has 1 nitrogen and oxygen atoms in total. The summed E-state index contributed by atoms with van der Waals surface area (Å²) < 4.78 is 35.9. The Morgan fingerprint density at radius 2 is 1.87 bits per heavy atom. The molecule has 0 amide bonds. The van der Waals surface area contributed by atoms with Crippen LogP contribution in [0.3, 0.4) is 0 Å². The highest BCUT2D eigenvalue weighted by molar-refractivity contribution is 8.13. The van der Waals surface area contributed by atoms with Gasteiger partial charge < -0.3 is 0 Å². The molecule has 0 fully saturated rings. The van der Waals surface area contributed by atoms with Crippen molar-refractivity contribution in [3.8, 4) is 0 Å². The summed E-state index contributed by atoms with van der Waals surface area (Å²) in [6.07, 6.45) is -4.78. The van der Waals surface area contributed by atoms with E-state index in [1.165, 1.54) is 6.07 Å². The van der Waals surface area contributed by atoms with Gasteiger partial charge in [0.2, 0.25) is 0 Å². The quantitative estimate of drug-likeness (QED) is 0.692. The molecule has 0 atom stereocenters. The first-order valence-electron chi connectivity index (χ1n) is 4.17. The highest BCUT2D eigenvalue weighted by Gasteiger charge is 2.39. The van der Waals surface area contributed by atoms with Crippen molar-refractivity contribution in [1.29, 1.82) is 0 Å². The lowest BCUT2D eigenvalue weighted by Crippen LogP contribution is -2.18. The fraction of sp³-hybridized carbons (Fsp3) is 0.300. The van der Waals surface area contributed by atoms with Gasteiger partial charge in [0.1, 0.15) is 0 Å². The van der Waals surface area contributed by atoms with E-state index in [4.69, 9.17) is 0 Å². The van der Waals surface area contributed by atoms with Crippen molar-refractivity contribution in [1.82, 2.24) is 0 Å². The summed E-state index contributed by atoms with van der Waals surface area (Å²) in [5, 5.41) is -1.78. The van der Waals surface area contributed by atoms with E-state index in [9.17, 15) is 18.0 Å². The molecule has 0 heterocycles. The van der Waals surface area contributed by atoms with Crippen molar-refractivity contribution in [2.75, 3.05) is 0 Å². The number of aryl methyl sites for hydroxylation is 2. The molecule has 1 rings (SSSR count). The second-order valence-electron chi connectivity index (χ2n) is 3.16. The van der Waals surface area contributed by atoms with Gasteiger partial charge in [0.25, 0.3) is 5.12 Å². The number of carbonyl (C=O) groups excluding carboxylic acids is 1. The third-order valence-corrected chi connectivity index (χ3v) is 2.86. The zero-order valence-electron chi connectivity index (χ0n) is 8.18. The van der Waals surface area contributed by atoms with E-state index >= 15 is 0 Å². The van der Waals surface area contributed by atoms with Gasteiger partial charge in [0, 0.05) is 4.90 Å². The monoisotopic (exact) mass is 234 g/mol. The molecule has 82 valence electrons. The molecule has 15 heavy (non-hydrogen) atoms. The summed E-state index contributed by atoms with van der Waals surface area (Å²) in [6.45, 7) is 3.52. The van der Waals surface area contributed by atoms with Crippen molar-refractivity contribution in [2.45, 2.75) is 24.9 Å². The summed E-state index contributed by atoms with van der Waals surface area (Å²) in [6, 6.07) is 4.95. The Morgan fingerprint density at radius 3 is 2.33 bits per heavy atom. The average molecular weight is 234 g/mol. The normalized spacial score (nSPS) is 11.5. The third-order valence-electron chi connectivity index (χ3n) is 1.76. The van der Waals surface area contributed by atoms with E-state index < -0.39 is 11.3 Å². The lowest BCUT2D eigenvalue weighted by molar-refractivity contribution is -0.160. The number of benzene rings is 1. The minimum atomic E-state index is -4.78. The molecule has 0 saturated carbocycles. The Balaban J connectivity index is 2.87. The van der Waals surface area contributed by atoms with Crippen molar-refractivity contribution >= 4 is 16.9 Å². The second kappa shape index (κ2) is 4.26. The van der Waals surface area contributed by atoms with Gasteiger partial charge in [-0.15, -0.1) is 0 Å². The maximum absolute atomic E-state index is 12.0. The molecule has 0 saturated heterocycles. The standard InChI is InChI=1S/C10H9F3OS/c1-6-3-4-8(7(2)5-6)15-9(14)10(11,12)13/h3-5H,1-2H3. The van der Waals surface area contributed by atoms with Crippen LogP contribution in [0.15, 0.2) is 23.1 Å². The van der Waals surface area contributed by atoms with Crippen LogP contribution in [0, 0.1) is 13.8 Å². The van der Waals surface area contributed by atoms with Gasteiger partial charge >= 0.3 is 6.18 Å². The van der Waals surface area contributed by atoms with Gasteiger partial charge in [-0.25, -0.2) is 0 Å². The Labute approximate surface area is 89.7 Å². The molecule has 5 heteroatoms. The Hall–Kier alpha value is -0.970. The van der Waals surface area contributed by atoms with Crippen LogP contribution in [0.2, 0.25) is 0 Å². The van der Waals surface area contributed by atoms with Crippen molar-refractivity contribution < 1.29 is 18.0 Å². The fourth-order valence-electron chi connectivity index (χ4n) is 1.07.